The maximum atomic E-state index is 5.59. The second-order valence-corrected chi connectivity index (χ2v) is 3.57. The van der Waals surface area contributed by atoms with Crippen LogP contribution in [-0.2, 0) is 6.54 Å². The summed E-state index contributed by atoms with van der Waals surface area (Å²) in [5.41, 5.74) is 6.74. The third-order valence-electron chi connectivity index (χ3n) is 2.70. The normalized spacial score (nSPS) is 19.5. The van der Waals surface area contributed by atoms with Gasteiger partial charge in [-0.05, 0) is 25.7 Å². The number of nitrogens with two attached hydrogens (primary N) is 1. The molecule has 1 aliphatic rings. The number of hydrogen-bond acceptors (Lipinski definition) is 2. The van der Waals surface area contributed by atoms with Gasteiger partial charge in [0.25, 0.3) is 0 Å². The van der Waals surface area contributed by atoms with Gasteiger partial charge in [-0.25, -0.2) is 4.98 Å². The van der Waals surface area contributed by atoms with Gasteiger partial charge in [-0.3, -0.25) is 0 Å². The lowest BCUT2D eigenvalue weighted by molar-refractivity contribution is 0.471. The first-order chi connectivity index (χ1) is 5.83. The summed E-state index contributed by atoms with van der Waals surface area (Å²) in [6.45, 7) is 2.84. The smallest absolute Gasteiger partial charge is 0.0951 e. The van der Waals surface area contributed by atoms with Crippen LogP contribution in [0.1, 0.15) is 31.5 Å². The maximum Gasteiger partial charge on any atom is 0.0951 e. The van der Waals surface area contributed by atoms with Crippen molar-refractivity contribution >= 4 is 0 Å². The van der Waals surface area contributed by atoms with Crippen molar-refractivity contribution in [2.45, 2.75) is 32.4 Å². The van der Waals surface area contributed by atoms with Crippen molar-refractivity contribution < 1.29 is 0 Å². The van der Waals surface area contributed by atoms with Crippen molar-refractivity contribution in [1.29, 1.82) is 0 Å². The molecule has 1 unspecified atom stereocenters. The standard InChI is InChI=1S/C9H15N3/c1-7(8-2-3-8)12-6-11-5-9(12)4-10/h5-8H,2-4,10H2,1H3. The van der Waals surface area contributed by atoms with E-state index >= 15 is 0 Å². The van der Waals surface area contributed by atoms with E-state index in [2.05, 4.69) is 16.5 Å². The highest BCUT2D eigenvalue weighted by molar-refractivity contribution is 5.01. The van der Waals surface area contributed by atoms with Crippen molar-refractivity contribution in [3.05, 3.63) is 18.2 Å². The van der Waals surface area contributed by atoms with Crippen LogP contribution in [0.25, 0.3) is 0 Å². The fourth-order valence-electron chi connectivity index (χ4n) is 1.66. The van der Waals surface area contributed by atoms with Crippen molar-refractivity contribution in [2.75, 3.05) is 0 Å². The predicted molar refractivity (Wildman–Crippen MR) is 47.6 cm³/mol. The third-order valence-corrected chi connectivity index (χ3v) is 2.70. The summed E-state index contributed by atoms with van der Waals surface area (Å²) in [5.74, 6) is 0.865. The van der Waals surface area contributed by atoms with Gasteiger partial charge in [0.1, 0.15) is 0 Å². The van der Waals surface area contributed by atoms with E-state index in [-0.39, 0.29) is 0 Å². The number of rotatable bonds is 3. The van der Waals surface area contributed by atoms with Gasteiger partial charge >= 0.3 is 0 Å². The Kier molecular flexibility index (Phi) is 1.89. The molecule has 2 rings (SSSR count). The Balaban J connectivity index is 2.19. The van der Waals surface area contributed by atoms with Gasteiger partial charge in [0.05, 0.1) is 12.0 Å². The Labute approximate surface area is 72.6 Å². The zero-order chi connectivity index (χ0) is 8.55. The Hall–Kier alpha value is -0.830. The van der Waals surface area contributed by atoms with Crippen LogP contribution < -0.4 is 5.73 Å². The molecule has 3 nitrogen and oxygen atoms in total. The van der Waals surface area contributed by atoms with E-state index in [1.807, 2.05) is 12.5 Å². The molecule has 1 aromatic heterocycles. The van der Waals surface area contributed by atoms with Crippen LogP contribution in [0.15, 0.2) is 12.5 Å². The summed E-state index contributed by atoms with van der Waals surface area (Å²) in [7, 11) is 0. The zero-order valence-corrected chi connectivity index (χ0v) is 7.40. The SMILES string of the molecule is CC(C1CC1)n1cncc1CN. The average Bonchev–Trinajstić information content (AvgIpc) is 2.82. The van der Waals surface area contributed by atoms with Gasteiger partial charge < -0.3 is 10.3 Å². The summed E-state index contributed by atoms with van der Waals surface area (Å²) < 4.78 is 2.21. The molecule has 66 valence electrons. The molecule has 0 aliphatic heterocycles. The van der Waals surface area contributed by atoms with Crippen LogP contribution in [0.5, 0.6) is 0 Å². The minimum absolute atomic E-state index is 0.589. The lowest BCUT2D eigenvalue weighted by Gasteiger charge is -2.14. The highest BCUT2D eigenvalue weighted by Gasteiger charge is 2.29. The summed E-state index contributed by atoms with van der Waals surface area (Å²) in [6, 6.07) is 0.589. The molecule has 12 heavy (non-hydrogen) atoms. The van der Waals surface area contributed by atoms with E-state index in [1.165, 1.54) is 12.8 Å². The first-order valence-electron chi connectivity index (χ1n) is 4.53. The van der Waals surface area contributed by atoms with E-state index in [9.17, 15) is 0 Å². The predicted octanol–water partition coefficient (Wildman–Crippen LogP) is 1.31. The number of imidazole rings is 1. The summed E-state index contributed by atoms with van der Waals surface area (Å²) >= 11 is 0. The van der Waals surface area contributed by atoms with Gasteiger partial charge in [0, 0.05) is 18.8 Å². The molecule has 3 heteroatoms. The van der Waals surface area contributed by atoms with Crippen molar-refractivity contribution in [2.24, 2.45) is 11.7 Å². The molecule has 0 amide bonds. The van der Waals surface area contributed by atoms with Crippen LogP contribution in [0.4, 0.5) is 0 Å². The highest BCUT2D eigenvalue weighted by Crippen LogP contribution is 2.39. The Morgan fingerprint density at radius 1 is 1.75 bits per heavy atom. The number of hydrogen-bond donors (Lipinski definition) is 1. The quantitative estimate of drug-likeness (QED) is 0.734. The van der Waals surface area contributed by atoms with Crippen LogP contribution in [0.2, 0.25) is 0 Å². The fraction of sp³-hybridized carbons (Fsp3) is 0.667. The van der Waals surface area contributed by atoms with Crippen molar-refractivity contribution in [3.8, 4) is 0 Å². The average molecular weight is 165 g/mol. The van der Waals surface area contributed by atoms with E-state index in [0.29, 0.717) is 12.6 Å². The molecule has 0 radical (unpaired) electrons. The van der Waals surface area contributed by atoms with E-state index in [4.69, 9.17) is 5.73 Å². The molecule has 1 aliphatic carbocycles. The van der Waals surface area contributed by atoms with Crippen LogP contribution >= 0.6 is 0 Å². The molecule has 0 bridgehead atoms. The third kappa shape index (κ3) is 1.25. The topological polar surface area (TPSA) is 43.8 Å². The molecule has 0 spiro atoms. The van der Waals surface area contributed by atoms with Crippen LogP contribution in [0, 0.1) is 5.92 Å². The van der Waals surface area contributed by atoms with Gasteiger partial charge in [-0.15, -0.1) is 0 Å². The van der Waals surface area contributed by atoms with Crippen molar-refractivity contribution in [1.82, 2.24) is 9.55 Å². The summed E-state index contributed by atoms with van der Waals surface area (Å²) in [4.78, 5) is 4.11. The fourth-order valence-corrected chi connectivity index (χ4v) is 1.66. The maximum absolute atomic E-state index is 5.59. The second kappa shape index (κ2) is 2.90. The molecule has 0 aromatic carbocycles. The molecule has 1 aromatic rings. The largest absolute Gasteiger partial charge is 0.330 e. The van der Waals surface area contributed by atoms with Gasteiger partial charge in [-0.2, -0.15) is 0 Å². The van der Waals surface area contributed by atoms with E-state index in [0.717, 1.165) is 11.6 Å². The monoisotopic (exact) mass is 165 g/mol. The highest BCUT2D eigenvalue weighted by atomic mass is 15.1. The molecular formula is C9H15N3. The molecule has 1 fully saturated rings. The lowest BCUT2D eigenvalue weighted by Crippen LogP contribution is -2.12. The number of nitrogens with zero attached hydrogens (tertiary/aromatic N) is 2. The first-order valence-corrected chi connectivity index (χ1v) is 4.53. The minimum atomic E-state index is 0.589. The van der Waals surface area contributed by atoms with E-state index < -0.39 is 0 Å². The van der Waals surface area contributed by atoms with Gasteiger partial charge in [0.15, 0.2) is 0 Å². The first kappa shape index (κ1) is 7.80. The molecule has 1 heterocycles. The van der Waals surface area contributed by atoms with E-state index in [1.54, 1.807) is 0 Å². The van der Waals surface area contributed by atoms with Crippen molar-refractivity contribution in [3.63, 3.8) is 0 Å². The Morgan fingerprint density at radius 3 is 3.08 bits per heavy atom. The summed E-state index contributed by atoms with van der Waals surface area (Å²) in [6.07, 6.45) is 6.48. The Morgan fingerprint density at radius 2 is 2.50 bits per heavy atom. The minimum Gasteiger partial charge on any atom is -0.330 e. The second-order valence-electron chi connectivity index (χ2n) is 3.57. The van der Waals surface area contributed by atoms with Gasteiger partial charge in [-0.1, -0.05) is 0 Å². The van der Waals surface area contributed by atoms with Crippen LogP contribution in [0.3, 0.4) is 0 Å². The zero-order valence-electron chi connectivity index (χ0n) is 7.40. The molecule has 2 N–H and O–H groups in total. The Bertz CT molecular complexity index is 262. The molecule has 1 atom stereocenters. The van der Waals surface area contributed by atoms with Gasteiger partial charge in [0.2, 0.25) is 0 Å². The molecular weight excluding hydrogens is 150 g/mol. The molecule has 1 saturated carbocycles. The number of aromatic nitrogens is 2. The lowest BCUT2D eigenvalue weighted by atomic mass is 10.2. The molecule has 0 saturated heterocycles. The van der Waals surface area contributed by atoms with Crippen LogP contribution in [-0.4, -0.2) is 9.55 Å². The summed E-state index contributed by atoms with van der Waals surface area (Å²) in [5, 5.41) is 0.